The summed E-state index contributed by atoms with van der Waals surface area (Å²) in [5.74, 6) is 1.44. The van der Waals surface area contributed by atoms with Gasteiger partial charge in [-0.15, -0.1) is 0 Å². The third kappa shape index (κ3) is 4.44. The lowest BCUT2D eigenvalue weighted by atomic mass is 9.99. The molecule has 1 unspecified atom stereocenters. The van der Waals surface area contributed by atoms with Gasteiger partial charge in [0.15, 0.2) is 0 Å². The molecule has 2 amide bonds. The van der Waals surface area contributed by atoms with Crippen LogP contribution in [0.1, 0.15) is 94.3 Å². The average molecular weight is 415 g/mol. The lowest BCUT2D eigenvalue weighted by molar-refractivity contribution is -0.135. The van der Waals surface area contributed by atoms with Gasteiger partial charge in [-0.2, -0.15) is 0 Å². The number of aromatic amines is 1. The number of H-pyrrole nitrogens is 1. The van der Waals surface area contributed by atoms with Gasteiger partial charge in [-0.25, -0.2) is 4.98 Å². The van der Waals surface area contributed by atoms with Crippen LogP contribution in [-0.2, 0) is 22.6 Å². The second-order valence-corrected chi connectivity index (χ2v) is 9.15. The molecule has 2 fully saturated rings. The van der Waals surface area contributed by atoms with Gasteiger partial charge < -0.3 is 14.8 Å². The predicted molar refractivity (Wildman–Crippen MR) is 114 cm³/mol. The largest absolute Gasteiger partial charge is 0.338 e. The number of hydrogen-bond donors (Lipinski definition) is 1. The number of rotatable bonds is 5. The van der Waals surface area contributed by atoms with Crippen LogP contribution < -0.4 is 5.56 Å². The van der Waals surface area contributed by atoms with E-state index in [1.807, 2.05) is 16.7 Å². The van der Waals surface area contributed by atoms with Crippen molar-refractivity contribution in [1.82, 2.24) is 19.8 Å². The fourth-order valence-electron chi connectivity index (χ4n) is 5.28. The summed E-state index contributed by atoms with van der Waals surface area (Å²) in [6.45, 7) is 3.72. The van der Waals surface area contributed by atoms with Crippen LogP contribution in [0.3, 0.4) is 0 Å². The number of hydrogen-bond acceptors (Lipinski definition) is 4. The van der Waals surface area contributed by atoms with Crippen LogP contribution in [0.5, 0.6) is 0 Å². The van der Waals surface area contributed by atoms with Crippen LogP contribution in [0.15, 0.2) is 4.79 Å². The minimum Gasteiger partial charge on any atom is -0.338 e. The monoisotopic (exact) mass is 414 g/mol. The van der Waals surface area contributed by atoms with Crippen molar-refractivity contribution in [3.8, 4) is 0 Å². The molecular formula is C23H34N4O3. The minimum atomic E-state index is -0.151. The molecule has 1 atom stereocenters. The number of nitrogens with zero attached hydrogens (tertiary/aromatic N) is 3. The Kier molecular flexibility index (Phi) is 6.54. The first-order valence-corrected chi connectivity index (χ1v) is 11.8. The Labute approximate surface area is 178 Å². The highest BCUT2D eigenvalue weighted by Crippen LogP contribution is 2.31. The summed E-state index contributed by atoms with van der Waals surface area (Å²) in [5, 5.41) is 0. The van der Waals surface area contributed by atoms with Gasteiger partial charge in [0.1, 0.15) is 5.82 Å². The summed E-state index contributed by atoms with van der Waals surface area (Å²) in [6, 6.07) is -0.141. The Morgan fingerprint density at radius 3 is 2.60 bits per heavy atom. The van der Waals surface area contributed by atoms with Crippen molar-refractivity contribution in [2.45, 2.75) is 90.1 Å². The van der Waals surface area contributed by atoms with Gasteiger partial charge in [-0.05, 0) is 44.4 Å². The standard InChI is InChI=1S/C23H34N4O3/c1-2-7-20(28)27-12-6-5-10-19(27)22-24-18-11-13-26(15-17(18)23(30)25-22)21(29)14-16-8-3-4-9-16/h16,19H,2-15H2,1H3,(H,24,25,30). The molecule has 1 N–H and O–H groups in total. The summed E-state index contributed by atoms with van der Waals surface area (Å²) in [7, 11) is 0. The number of nitrogens with one attached hydrogen (secondary N) is 1. The quantitative estimate of drug-likeness (QED) is 0.802. The van der Waals surface area contributed by atoms with Crippen LogP contribution in [0.4, 0.5) is 0 Å². The van der Waals surface area contributed by atoms with E-state index in [-0.39, 0.29) is 23.4 Å². The first kappa shape index (κ1) is 21.1. The molecular weight excluding hydrogens is 380 g/mol. The van der Waals surface area contributed by atoms with Crippen molar-refractivity contribution < 1.29 is 9.59 Å². The van der Waals surface area contributed by atoms with Crippen LogP contribution in [0.25, 0.3) is 0 Å². The molecule has 0 aromatic carbocycles. The average Bonchev–Trinajstić information content (AvgIpc) is 3.26. The number of aromatic nitrogens is 2. The maximum Gasteiger partial charge on any atom is 0.256 e. The number of carbonyl (C=O) groups excluding carboxylic acids is 2. The zero-order valence-corrected chi connectivity index (χ0v) is 18.1. The second kappa shape index (κ2) is 9.31. The molecule has 7 heteroatoms. The lowest BCUT2D eigenvalue weighted by Crippen LogP contribution is -2.42. The Morgan fingerprint density at radius 1 is 1.07 bits per heavy atom. The third-order valence-corrected chi connectivity index (χ3v) is 6.98. The summed E-state index contributed by atoms with van der Waals surface area (Å²) >= 11 is 0. The molecule has 7 nitrogen and oxygen atoms in total. The van der Waals surface area contributed by atoms with Gasteiger partial charge in [-0.3, -0.25) is 14.4 Å². The van der Waals surface area contributed by atoms with Crippen molar-refractivity contribution in [3.63, 3.8) is 0 Å². The van der Waals surface area contributed by atoms with Crippen LogP contribution in [0, 0.1) is 5.92 Å². The fraction of sp³-hybridized carbons (Fsp3) is 0.739. The molecule has 1 saturated carbocycles. The molecule has 1 aliphatic carbocycles. The van der Waals surface area contributed by atoms with E-state index in [9.17, 15) is 14.4 Å². The van der Waals surface area contributed by atoms with E-state index in [1.54, 1.807) is 0 Å². The van der Waals surface area contributed by atoms with Gasteiger partial charge in [0.25, 0.3) is 5.56 Å². The van der Waals surface area contributed by atoms with Crippen molar-refractivity contribution in [2.24, 2.45) is 5.92 Å². The second-order valence-electron chi connectivity index (χ2n) is 9.15. The van der Waals surface area contributed by atoms with Crippen LogP contribution in [0.2, 0.25) is 0 Å². The van der Waals surface area contributed by atoms with E-state index in [1.165, 1.54) is 12.8 Å². The third-order valence-electron chi connectivity index (χ3n) is 6.98. The molecule has 4 rings (SSSR count). The van der Waals surface area contributed by atoms with Gasteiger partial charge >= 0.3 is 0 Å². The maximum absolute atomic E-state index is 12.9. The molecule has 2 aliphatic heterocycles. The van der Waals surface area contributed by atoms with Crippen molar-refractivity contribution in [1.29, 1.82) is 0 Å². The van der Waals surface area contributed by atoms with Gasteiger partial charge in [-0.1, -0.05) is 19.8 Å². The Hall–Kier alpha value is -2.18. The minimum absolute atomic E-state index is 0.141. The molecule has 0 spiro atoms. The SMILES string of the molecule is CCCC(=O)N1CCCCC1c1nc2c(c(=O)[nH]1)CN(C(=O)CC1CCCC1)CC2. The number of fused-ring (bicyclic) bond motifs is 1. The molecule has 164 valence electrons. The van der Waals surface area contributed by atoms with E-state index < -0.39 is 0 Å². The summed E-state index contributed by atoms with van der Waals surface area (Å²) in [5.41, 5.74) is 1.26. The molecule has 3 aliphatic rings. The highest BCUT2D eigenvalue weighted by Gasteiger charge is 2.32. The van der Waals surface area contributed by atoms with Crippen LogP contribution >= 0.6 is 0 Å². The Morgan fingerprint density at radius 2 is 1.83 bits per heavy atom. The van der Waals surface area contributed by atoms with E-state index in [2.05, 4.69) is 4.98 Å². The maximum atomic E-state index is 12.9. The first-order chi connectivity index (χ1) is 14.6. The highest BCUT2D eigenvalue weighted by atomic mass is 16.2. The topological polar surface area (TPSA) is 86.4 Å². The summed E-state index contributed by atoms with van der Waals surface area (Å²) in [4.78, 5) is 49.7. The van der Waals surface area contributed by atoms with Crippen molar-refractivity contribution in [2.75, 3.05) is 13.1 Å². The molecule has 30 heavy (non-hydrogen) atoms. The molecule has 1 aromatic rings. The van der Waals surface area contributed by atoms with E-state index in [0.717, 1.165) is 50.8 Å². The first-order valence-electron chi connectivity index (χ1n) is 11.8. The van der Waals surface area contributed by atoms with Crippen molar-refractivity contribution >= 4 is 11.8 Å². The van der Waals surface area contributed by atoms with Crippen LogP contribution in [-0.4, -0.2) is 44.7 Å². The number of piperidine rings is 1. The van der Waals surface area contributed by atoms with E-state index in [0.29, 0.717) is 49.7 Å². The zero-order valence-electron chi connectivity index (χ0n) is 18.1. The highest BCUT2D eigenvalue weighted by molar-refractivity contribution is 5.77. The van der Waals surface area contributed by atoms with Gasteiger partial charge in [0.05, 0.1) is 23.8 Å². The number of likely N-dealkylation sites (tertiary alicyclic amines) is 1. The molecule has 1 saturated heterocycles. The number of carbonyl (C=O) groups is 2. The lowest BCUT2D eigenvalue weighted by Gasteiger charge is -2.36. The Bertz CT molecular complexity index is 843. The molecule has 3 heterocycles. The number of amides is 2. The van der Waals surface area contributed by atoms with Gasteiger partial charge in [0.2, 0.25) is 11.8 Å². The smallest absolute Gasteiger partial charge is 0.256 e. The summed E-state index contributed by atoms with van der Waals surface area (Å²) < 4.78 is 0. The molecule has 0 radical (unpaired) electrons. The van der Waals surface area contributed by atoms with E-state index in [4.69, 9.17) is 4.98 Å². The van der Waals surface area contributed by atoms with Crippen molar-refractivity contribution in [3.05, 3.63) is 27.4 Å². The predicted octanol–water partition coefficient (Wildman–Crippen LogP) is 3.09. The fourth-order valence-corrected chi connectivity index (χ4v) is 5.28. The molecule has 1 aromatic heterocycles. The summed E-state index contributed by atoms with van der Waals surface area (Å²) in [6.07, 6.45) is 10.2. The molecule has 0 bridgehead atoms. The zero-order chi connectivity index (χ0) is 21.1. The normalized spacial score (nSPS) is 22.2. The van der Waals surface area contributed by atoms with Gasteiger partial charge in [0, 0.05) is 32.4 Å². The Balaban J connectivity index is 1.50. The van der Waals surface area contributed by atoms with E-state index >= 15 is 0 Å².